The Kier molecular flexibility index (Phi) is 7.85. The second kappa shape index (κ2) is 11.2. The number of nitrogens with zero attached hydrogens (tertiary/aromatic N) is 5. The molecule has 0 atom stereocenters. The molecular weight excluding hydrogens is 480 g/mol. The number of para-hydroxylation sites is 1. The maximum Gasteiger partial charge on any atom is 0.412 e. The molecular formula is C29H32N6O3. The number of tetrazole rings is 1. The average Bonchev–Trinajstić information content (AvgIpc) is 3.38. The minimum absolute atomic E-state index is 0.00842. The van der Waals surface area contributed by atoms with Crippen molar-refractivity contribution in [3.63, 3.8) is 0 Å². The fourth-order valence-electron chi connectivity index (χ4n) is 4.03. The number of benzene rings is 3. The number of amides is 2. The highest BCUT2D eigenvalue weighted by Crippen LogP contribution is 2.38. The van der Waals surface area contributed by atoms with E-state index in [-0.39, 0.29) is 5.91 Å². The summed E-state index contributed by atoms with van der Waals surface area (Å²) in [4.78, 5) is 27.0. The van der Waals surface area contributed by atoms with Gasteiger partial charge in [-0.05, 0) is 67.4 Å². The van der Waals surface area contributed by atoms with Gasteiger partial charge >= 0.3 is 6.09 Å². The fraction of sp³-hybridized carbons (Fsp3) is 0.276. The topological polar surface area (TPSA) is 102 Å². The summed E-state index contributed by atoms with van der Waals surface area (Å²) in [6.45, 7) is 7.38. The van der Waals surface area contributed by atoms with Crippen LogP contribution in [0.5, 0.6) is 0 Å². The first-order valence-electron chi connectivity index (χ1n) is 12.5. The van der Waals surface area contributed by atoms with E-state index in [0.717, 1.165) is 28.8 Å². The maximum atomic E-state index is 12.8. The van der Waals surface area contributed by atoms with Gasteiger partial charge in [0, 0.05) is 30.3 Å². The molecule has 4 aromatic rings. The third kappa shape index (κ3) is 6.05. The lowest BCUT2D eigenvalue weighted by atomic mass is 9.97. The van der Waals surface area contributed by atoms with Gasteiger partial charge in [-0.15, -0.1) is 5.10 Å². The number of hydrogen-bond donors (Lipinski definition) is 1. The van der Waals surface area contributed by atoms with Crippen LogP contribution in [-0.2, 0) is 9.53 Å². The number of carbonyl (C=O) groups is 2. The van der Waals surface area contributed by atoms with Gasteiger partial charge in [0.25, 0.3) is 0 Å². The Labute approximate surface area is 222 Å². The van der Waals surface area contributed by atoms with Crippen molar-refractivity contribution in [1.29, 1.82) is 0 Å². The molecule has 0 saturated carbocycles. The summed E-state index contributed by atoms with van der Waals surface area (Å²) >= 11 is 0. The van der Waals surface area contributed by atoms with Crippen LogP contribution >= 0.6 is 0 Å². The van der Waals surface area contributed by atoms with Crippen LogP contribution in [0.25, 0.3) is 28.2 Å². The monoisotopic (exact) mass is 512 g/mol. The highest BCUT2D eigenvalue weighted by molar-refractivity contribution is 5.99. The molecule has 9 heteroatoms. The third-order valence-electron chi connectivity index (χ3n) is 5.79. The highest BCUT2D eigenvalue weighted by atomic mass is 16.6. The Balaban J connectivity index is 1.83. The molecule has 3 aromatic carbocycles. The fourth-order valence-corrected chi connectivity index (χ4v) is 4.03. The van der Waals surface area contributed by atoms with E-state index in [1.165, 1.54) is 0 Å². The standard InChI is InChI=1S/C29H32N6O3/c1-6-12-26(36)34(5)21-17-18-23(25(19-21)30-28(37)38-29(2,3)4)22-15-10-11-16-24(22)27-31-32-33-35(27)20-13-8-7-9-14-20/h7-11,13-19H,6,12H2,1-5H3,(H,30,37). The minimum Gasteiger partial charge on any atom is -0.444 e. The van der Waals surface area contributed by atoms with Gasteiger partial charge in [0.2, 0.25) is 5.91 Å². The molecule has 0 aliphatic carbocycles. The average molecular weight is 513 g/mol. The molecule has 0 aliphatic heterocycles. The molecule has 0 fully saturated rings. The molecule has 0 saturated heterocycles. The second-order valence-corrected chi connectivity index (χ2v) is 9.85. The molecule has 9 nitrogen and oxygen atoms in total. The van der Waals surface area contributed by atoms with Crippen molar-refractivity contribution in [2.24, 2.45) is 0 Å². The number of aromatic nitrogens is 4. The number of carbonyl (C=O) groups excluding carboxylic acids is 2. The number of anilines is 2. The van der Waals surface area contributed by atoms with Gasteiger partial charge in [0.1, 0.15) is 5.60 Å². The van der Waals surface area contributed by atoms with Gasteiger partial charge in [-0.2, -0.15) is 4.68 Å². The van der Waals surface area contributed by atoms with Crippen molar-refractivity contribution in [2.45, 2.75) is 46.1 Å². The van der Waals surface area contributed by atoms with E-state index < -0.39 is 11.7 Å². The SMILES string of the molecule is CCCC(=O)N(C)c1ccc(-c2ccccc2-c2nnnn2-c2ccccc2)c(NC(=O)OC(C)(C)C)c1. The van der Waals surface area contributed by atoms with Crippen molar-refractivity contribution in [1.82, 2.24) is 20.2 Å². The summed E-state index contributed by atoms with van der Waals surface area (Å²) in [6.07, 6.45) is 0.580. The number of ether oxygens (including phenoxy) is 1. The van der Waals surface area contributed by atoms with Gasteiger partial charge in [0.05, 0.1) is 11.4 Å². The Morgan fingerprint density at radius 3 is 2.32 bits per heavy atom. The Morgan fingerprint density at radius 1 is 0.947 bits per heavy atom. The molecule has 1 N–H and O–H groups in total. The highest BCUT2D eigenvalue weighted by Gasteiger charge is 2.22. The molecule has 1 aromatic heterocycles. The van der Waals surface area contributed by atoms with Crippen LogP contribution < -0.4 is 10.2 Å². The molecule has 0 spiro atoms. The summed E-state index contributed by atoms with van der Waals surface area (Å²) in [5.74, 6) is 0.542. The van der Waals surface area contributed by atoms with Crippen LogP contribution in [0.15, 0.2) is 72.8 Å². The lowest BCUT2D eigenvalue weighted by Crippen LogP contribution is -2.28. The zero-order valence-corrected chi connectivity index (χ0v) is 22.3. The predicted octanol–water partition coefficient (Wildman–Crippen LogP) is 6.11. The zero-order chi connectivity index (χ0) is 27.3. The number of rotatable bonds is 7. The van der Waals surface area contributed by atoms with Crippen LogP contribution in [0.3, 0.4) is 0 Å². The Morgan fingerprint density at radius 2 is 1.63 bits per heavy atom. The van der Waals surface area contributed by atoms with Gasteiger partial charge in [-0.3, -0.25) is 10.1 Å². The molecule has 2 amide bonds. The largest absolute Gasteiger partial charge is 0.444 e. The summed E-state index contributed by atoms with van der Waals surface area (Å²) in [6, 6.07) is 22.9. The van der Waals surface area contributed by atoms with E-state index >= 15 is 0 Å². The van der Waals surface area contributed by atoms with Crippen molar-refractivity contribution < 1.29 is 14.3 Å². The molecule has 1 heterocycles. The first kappa shape index (κ1) is 26.5. The van der Waals surface area contributed by atoms with E-state index in [1.54, 1.807) is 43.5 Å². The third-order valence-corrected chi connectivity index (χ3v) is 5.79. The maximum absolute atomic E-state index is 12.8. The van der Waals surface area contributed by atoms with Gasteiger partial charge in [0.15, 0.2) is 5.82 Å². The Bertz CT molecular complexity index is 1430. The number of nitrogens with one attached hydrogen (secondary N) is 1. The molecule has 4 rings (SSSR count). The lowest BCUT2D eigenvalue weighted by molar-refractivity contribution is -0.118. The normalized spacial score (nSPS) is 11.2. The first-order valence-corrected chi connectivity index (χ1v) is 12.5. The summed E-state index contributed by atoms with van der Waals surface area (Å²) in [5.41, 5.74) is 3.61. The first-order chi connectivity index (χ1) is 18.2. The van der Waals surface area contributed by atoms with Crippen LogP contribution in [0.4, 0.5) is 16.2 Å². The Hall–Kier alpha value is -4.53. The van der Waals surface area contributed by atoms with E-state index in [9.17, 15) is 9.59 Å². The number of hydrogen-bond acceptors (Lipinski definition) is 6. The van der Waals surface area contributed by atoms with E-state index in [0.29, 0.717) is 23.6 Å². The van der Waals surface area contributed by atoms with Crippen LogP contribution in [0, 0.1) is 0 Å². The van der Waals surface area contributed by atoms with Crippen molar-refractivity contribution in [2.75, 3.05) is 17.3 Å². The minimum atomic E-state index is -0.675. The summed E-state index contributed by atoms with van der Waals surface area (Å²) in [5, 5.41) is 15.3. The second-order valence-electron chi connectivity index (χ2n) is 9.85. The van der Waals surface area contributed by atoms with Crippen molar-refractivity contribution >= 4 is 23.4 Å². The van der Waals surface area contributed by atoms with E-state index in [4.69, 9.17) is 4.74 Å². The summed E-state index contributed by atoms with van der Waals surface area (Å²) < 4.78 is 7.20. The van der Waals surface area contributed by atoms with Gasteiger partial charge < -0.3 is 9.64 Å². The van der Waals surface area contributed by atoms with Crippen molar-refractivity contribution in [3.05, 3.63) is 72.8 Å². The zero-order valence-electron chi connectivity index (χ0n) is 22.3. The van der Waals surface area contributed by atoms with Crippen LogP contribution in [0.1, 0.15) is 40.5 Å². The molecule has 196 valence electrons. The smallest absolute Gasteiger partial charge is 0.412 e. The predicted molar refractivity (Wildman–Crippen MR) is 148 cm³/mol. The lowest BCUT2D eigenvalue weighted by Gasteiger charge is -2.23. The van der Waals surface area contributed by atoms with E-state index in [2.05, 4.69) is 20.8 Å². The molecule has 0 unspecified atom stereocenters. The van der Waals surface area contributed by atoms with Crippen molar-refractivity contribution in [3.8, 4) is 28.2 Å². The molecule has 0 bridgehead atoms. The van der Waals surface area contributed by atoms with Gasteiger partial charge in [-0.1, -0.05) is 55.5 Å². The molecule has 0 radical (unpaired) electrons. The van der Waals surface area contributed by atoms with Gasteiger partial charge in [-0.25, -0.2) is 4.79 Å². The van der Waals surface area contributed by atoms with Crippen LogP contribution in [-0.4, -0.2) is 44.9 Å². The molecule has 0 aliphatic rings. The quantitative estimate of drug-likeness (QED) is 0.321. The van der Waals surface area contributed by atoms with E-state index in [1.807, 2.05) is 73.7 Å². The molecule has 38 heavy (non-hydrogen) atoms. The van der Waals surface area contributed by atoms with Crippen LogP contribution in [0.2, 0.25) is 0 Å². The summed E-state index contributed by atoms with van der Waals surface area (Å²) in [7, 11) is 1.73.